The SMILES string of the molecule is O=[N+]([O-])c1cncnc1.c1ccc2c(c1)ccc1c3c(ccc12)CCCC3. The summed E-state index contributed by atoms with van der Waals surface area (Å²) in [6, 6.07) is 18.0. The summed E-state index contributed by atoms with van der Waals surface area (Å²) in [4.78, 5) is 16.3. The fraction of sp³-hybridized carbons (Fsp3) is 0.182. The van der Waals surface area contributed by atoms with Crippen molar-refractivity contribution in [3.8, 4) is 0 Å². The number of aromatic nitrogens is 2. The van der Waals surface area contributed by atoms with E-state index in [9.17, 15) is 10.1 Å². The lowest BCUT2D eigenvalue weighted by Crippen LogP contribution is -2.02. The molecule has 0 fully saturated rings. The van der Waals surface area contributed by atoms with Crippen LogP contribution in [-0.2, 0) is 12.8 Å². The molecule has 0 aliphatic heterocycles. The molecular formula is C22H19N3O2. The third-order valence-corrected chi connectivity index (χ3v) is 5.02. The van der Waals surface area contributed by atoms with Gasteiger partial charge in [-0.05, 0) is 58.4 Å². The molecule has 0 atom stereocenters. The normalized spacial score (nSPS) is 12.9. The van der Waals surface area contributed by atoms with Gasteiger partial charge in [0.2, 0.25) is 0 Å². The molecule has 4 aromatic rings. The van der Waals surface area contributed by atoms with Crippen LogP contribution in [0.5, 0.6) is 0 Å². The predicted molar refractivity (Wildman–Crippen MR) is 107 cm³/mol. The second-order valence-corrected chi connectivity index (χ2v) is 6.65. The highest BCUT2D eigenvalue weighted by molar-refractivity contribution is 6.08. The molecule has 0 spiro atoms. The number of fused-ring (bicyclic) bond motifs is 5. The van der Waals surface area contributed by atoms with Gasteiger partial charge in [0.05, 0.1) is 4.92 Å². The molecule has 134 valence electrons. The van der Waals surface area contributed by atoms with Crippen molar-refractivity contribution in [3.05, 3.63) is 88.5 Å². The van der Waals surface area contributed by atoms with E-state index >= 15 is 0 Å². The van der Waals surface area contributed by atoms with E-state index in [1.807, 2.05) is 0 Å². The third kappa shape index (κ3) is 3.49. The molecule has 1 heterocycles. The number of benzene rings is 3. The van der Waals surface area contributed by atoms with E-state index in [1.165, 1.54) is 53.6 Å². The molecule has 0 N–H and O–H groups in total. The fourth-order valence-electron chi connectivity index (χ4n) is 3.73. The Bertz CT molecular complexity index is 1110. The Morgan fingerprint density at radius 2 is 1.56 bits per heavy atom. The van der Waals surface area contributed by atoms with E-state index in [0.29, 0.717) is 0 Å². The highest BCUT2D eigenvalue weighted by Gasteiger charge is 2.13. The van der Waals surface area contributed by atoms with Crippen molar-refractivity contribution in [2.45, 2.75) is 25.7 Å². The van der Waals surface area contributed by atoms with Gasteiger partial charge < -0.3 is 0 Å². The van der Waals surface area contributed by atoms with Gasteiger partial charge in [-0.25, -0.2) is 9.97 Å². The molecule has 0 unspecified atom stereocenters. The summed E-state index contributed by atoms with van der Waals surface area (Å²) in [5, 5.41) is 15.6. The average molecular weight is 357 g/mol. The largest absolute Gasteiger partial charge is 0.305 e. The maximum absolute atomic E-state index is 9.93. The van der Waals surface area contributed by atoms with Gasteiger partial charge in [-0.2, -0.15) is 0 Å². The molecule has 0 bridgehead atoms. The summed E-state index contributed by atoms with van der Waals surface area (Å²) in [5.41, 5.74) is 3.09. The van der Waals surface area contributed by atoms with Gasteiger partial charge in [-0.1, -0.05) is 48.5 Å². The van der Waals surface area contributed by atoms with Crippen LogP contribution in [0.4, 0.5) is 5.69 Å². The quantitative estimate of drug-likeness (QED) is 0.265. The van der Waals surface area contributed by atoms with Gasteiger partial charge in [0.1, 0.15) is 18.7 Å². The Labute approximate surface area is 156 Å². The lowest BCUT2D eigenvalue weighted by Gasteiger charge is -2.18. The van der Waals surface area contributed by atoms with E-state index in [1.54, 1.807) is 11.1 Å². The molecule has 0 radical (unpaired) electrons. The van der Waals surface area contributed by atoms with Crippen molar-refractivity contribution in [2.75, 3.05) is 0 Å². The lowest BCUT2D eigenvalue weighted by molar-refractivity contribution is -0.385. The summed E-state index contributed by atoms with van der Waals surface area (Å²) in [6.07, 6.45) is 8.75. The van der Waals surface area contributed by atoms with Gasteiger partial charge in [-0.3, -0.25) is 10.1 Å². The van der Waals surface area contributed by atoms with Gasteiger partial charge in [0.25, 0.3) is 0 Å². The molecule has 0 amide bonds. The third-order valence-electron chi connectivity index (χ3n) is 5.02. The van der Waals surface area contributed by atoms with Crippen LogP contribution in [0.3, 0.4) is 0 Å². The first-order valence-electron chi connectivity index (χ1n) is 9.05. The predicted octanol–water partition coefficient (Wildman–Crippen LogP) is 5.26. The molecule has 3 aromatic carbocycles. The minimum absolute atomic E-state index is 0.0856. The van der Waals surface area contributed by atoms with Crippen molar-refractivity contribution < 1.29 is 4.92 Å². The average Bonchev–Trinajstić information content (AvgIpc) is 2.74. The van der Waals surface area contributed by atoms with Gasteiger partial charge in [0.15, 0.2) is 0 Å². The lowest BCUT2D eigenvalue weighted by atomic mass is 9.86. The van der Waals surface area contributed by atoms with Crippen LogP contribution in [0, 0.1) is 10.1 Å². The molecule has 0 saturated carbocycles. The number of aryl methyl sites for hydroxylation is 2. The molecule has 1 aliphatic carbocycles. The Balaban J connectivity index is 0.000000170. The minimum atomic E-state index is -0.542. The van der Waals surface area contributed by atoms with Crippen molar-refractivity contribution in [1.82, 2.24) is 9.97 Å². The molecule has 5 heteroatoms. The first kappa shape index (κ1) is 17.1. The number of nitrogens with zero attached hydrogens (tertiary/aromatic N) is 3. The van der Waals surface area contributed by atoms with Gasteiger partial charge in [-0.15, -0.1) is 0 Å². The molecular weight excluding hydrogens is 338 g/mol. The Morgan fingerprint density at radius 1 is 0.815 bits per heavy atom. The zero-order valence-electron chi connectivity index (χ0n) is 14.8. The van der Waals surface area contributed by atoms with Crippen LogP contribution < -0.4 is 0 Å². The summed E-state index contributed by atoms with van der Waals surface area (Å²) in [7, 11) is 0. The second-order valence-electron chi connectivity index (χ2n) is 6.65. The second kappa shape index (κ2) is 7.50. The zero-order chi connectivity index (χ0) is 18.6. The fourth-order valence-corrected chi connectivity index (χ4v) is 3.73. The number of nitro groups is 1. The Kier molecular flexibility index (Phi) is 4.75. The van der Waals surface area contributed by atoms with Gasteiger partial charge >= 0.3 is 5.69 Å². The van der Waals surface area contributed by atoms with E-state index in [0.717, 1.165) is 12.4 Å². The first-order valence-corrected chi connectivity index (χ1v) is 9.05. The number of hydrogen-bond acceptors (Lipinski definition) is 4. The number of rotatable bonds is 1. The molecule has 5 rings (SSSR count). The zero-order valence-corrected chi connectivity index (χ0v) is 14.8. The van der Waals surface area contributed by atoms with Crippen LogP contribution in [0.1, 0.15) is 24.0 Å². The van der Waals surface area contributed by atoms with Crippen molar-refractivity contribution in [1.29, 1.82) is 0 Å². The van der Waals surface area contributed by atoms with Gasteiger partial charge in [0, 0.05) is 0 Å². The van der Waals surface area contributed by atoms with Crippen LogP contribution >= 0.6 is 0 Å². The molecule has 1 aliphatic rings. The van der Waals surface area contributed by atoms with Crippen LogP contribution in [0.2, 0.25) is 0 Å². The summed E-state index contributed by atoms with van der Waals surface area (Å²) in [6.45, 7) is 0. The van der Waals surface area contributed by atoms with E-state index in [2.05, 4.69) is 58.5 Å². The van der Waals surface area contributed by atoms with Crippen molar-refractivity contribution in [3.63, 3.8) is 0 Å². The van der Waals surface area contributed by atoms with Crippen molar-refractivity contribution >= 4 is 27.2 Å². The number of hydrogen-bond donors (Lipinski definition) is 0. The van der Waals surface area contributed by atoms with Crippen molar-refractivity contribution in [2.24, 2.45) is 0 Å². The molecule has 0 saturated heterocycles. The smallest absolute Gasteiger partial charge is 0.258 e. The monoisotopic (exact) mass is 357 g/mol. The van der Waals surface area contributed by atoms with E-state index in [4.69, 9.17) is 0 Å². The highest BCUT2D eigenvalue weighted by atomic mass is 16.6. The standard InChI is InChI=1S/C18H16.C4H3N3O2/c1-3-7-15-13(5-1)9-11-18-16-8-4-2-6-14(16)10-12-17(15)18;8-7(9)4-1-5-3-6-2-4/h1,3,5,7,9-12H,2,4,6,8H2;1-3H. The van der Waals surface area contributed by atoms with E-state index in [-0.39, 0.29) is 5.69 Å². The maximum atomic E-state index is 9.93. The Morgan fingerprint density at radius 3 is 2.33 bits per heavy atom. The molecule has 5 nitrogen and oxygen atoms in total. The minimum Gasteiger partial charge on any atom is -0.258 e. The first-order chi connectivity index (χ1) is 13.2. The van der Waals surface area contributed by atoms with E-state index < -0.39 is 4.92 Å². The maximum Gasteiger partial charge on any atom is 0.305 e. The highest BCUT2D eigenvalue weighted by Crippen LogP contribution is 2.33. The summed E-state index contributed by atoms with van der Waals surface area (Å²) in [5.74, 6) is 0. The Hall–Kier alpha value is -3.34. The van der Waals surface area contributed by atoms with Crippen LogP contribution in [0.15, 0.2) is 67.3 Å². The summed E-state index contributed by atoms with van der Waals surface area (Å²) >= 11 is 0. The summed E-state index contributed by atoms with van der Waals surface area (Å²) < 4.78 is 0. The topological polar surface area (TPSA) is 68.9 Å². The van der Waals surface area contributed by atoms with Crippen LogP contribution in [-0.4, -0.2) is 14.9 Å². The van der Waals surface area contributed by atoms with Crippen LogP contribution in [0.25, 0.3) is 21.5 Å². The molecule has 1 aromatic heterocycles. The molecule has 27 heavy (non-hydrogen) atoms.